The molecule has 4 rings (SSSR count). The third kappa shape index (κ3) is 1.14. The number of pyridine rings is 1. The van der Waals surface area contributed by atoms with Gasteiger partial charge in [0.1, 0.15) is 5.36 Å². The molecule has 0 fully saturated rings. The van der Waals surface area contributed by atoms with Crippen molar-refractivity contribution in [1.82, 2.24) is 4.98 Å². The largest absolute Gasteiger partial charge is 0.368 e. The normalized spacial score (nSPS) is 13.4. The van der Waals surface area contributed by atoms with Gasteiger partial charge in [0.2, 0.25) is 0 Å². The zero-order valence-electron chi connectivity index (χ0n) is 9.29. The number of aromatic nitrogens is 1. The van der Waals surface area contributed by atoms with Crippen molar-refractivity contribution >= 4 is 27.7 Å². The van der Waals surface area contributed by atoms with Gasteiger partial charge < -0.3 is 0 Å². The summed E-state index contributed by atoms with van der Waals surface area (Å²) in [5.74, 6) is 0. The highest BCUT2D eigenvalue weighted by Gasteiger charge is 2.10. The van der Waals surface area contributed by atoms with Crippen LogP contribution in [0.3, 0.4) is 0 Å². The maximum absolute atomic E-state index is 11.3. The predicted octanol–water partition coefficient (Wildman–Crippen LogP) is 1.76. The molecule has 84 valence electrons. The molecule has 0 unspecified atom stereocenters. The van der Waals surface area contributed by atoms with Gasteiger partial charge in [0.05, 0.1) is 10.9 Å². The average molecular weight is 233 g/mol. The van der Waals surface area contributed by atoms with Gasteiger partial charge in [-0.2, -0.15) is 9.98 Å². The Morgan fingerprint density at radius 2 is 1.78 bits per heavy atom. The van der Waals surface area contributed by atoms with Gasteiger partial charge in [-0.25, -0.2) is 4.79 Å². The van der Waals surface area contributed by atoms with Crippen LogP contribution in [-0.2, 0) is 0 Å². The van der Waals surface area contributed by atoms with E-state index in [-0.39, 0.29) is 0 Å². The molecule has 3 aromatic rings. The van der Waals surface area contributed by atoms with Gasteiger partial charge in [-0.1, -0.05) is 18.2 Å². The fourth-order valence-corrected chi connectivity index (χ4v) is 2.35. The predicted molar refractivity (Wildman–Crippen MR) is 67.0 cm³/mol. The molecule has 0 bridgehead atoms. The zero-order valence-corrected chi connectivity index (χ0v) is 9.29. The van der Waals surface area contributed by atoms with Gasteiger partial charge >= 0.3 is 6.03 Å². The van der Waals surface area contributed by atoms with Crippen LogP contribution in [0.2, 0.25) is 0 Å². The summed E-state index contributed by atoms with van der Waals surface area (Å²) in [4.78, 5) is 23.5. The molecule has 2 amide bonds. The van der Waals surface area contributed by atoms with Crippen LogP contribution < -0.4 is 10.7 Å². The minimum absolute atomic E-state index is 0.432. The highest BCUT2D eigenvalue weighted by molar-refractivity contribution is 6.05. The van der Waals surface area contributed by atoms with E-state index in [2.05, 4.69) is 15.0 Å². The standard InChI is InChI=1S/C14H7N3O/c18-14-16-11-6-5-9-10(13(11)17-14)4-3-8-2-1-7-15-12(8)9/h1-7H. The summed E-state index contributed by atoms with van der Waals surface area (Å²) in [6.45, 7) is 0. The molecule has 2 heterocycles. The fraction of sp³-hybridized carbons (Fsp3) is 0. The molecule has 4 heteroatoms. The summed E-state index contributed by atoms with van der Waals surface area (Å²) in [5, 5.41) is 4.30. The summed E-state index contributed by atoms with van der Waals surface area (Å²) in [6, 6.07) is 11.2. The summed E-state index contributed by atoms with van der Waals surface area (Å²) in [7, 11) is 0. The van der Waals surface area contributed by atoms with E-state index in [1.54, 1.807) is 6.20 Å². The monoisotopic (exact) mass is 233 g/mol. The first-order valence-corrected chi connectivity index (χ1v) is 5.61. The lowest BCUT2D eigenvalue weighted by Crippen LogP contribution is -2.21. The minimum Gasteiger partial charge on any atom is -0.256 e. The van der Waals surface area contributed by atoms with Gasteiger partial charge in [-0.15, -0.1) is 0 Å². The van der Waals surface area contributed by atoms with Crippen LogP contribution >= 0.6 is 0 Å². The molecule has 1 aromatic heterocycles. The topological polar surface area (TPSA) is 54.7 Å². The Morgan fingerprint density at radius 3 is 2.72 bits per heavy atom. The molecule has 0 saturated heterocycles. The molecule has 0 atom stereocenters. The second kappa shape index (κ2) is 3.20. The number of amides is 2. The van der Waals surface area contributed by atoms with Crippen LogP contribution in [-0.4, -0.2) is 11.0 Å². The minimum atomic E-state index is -0.432. The quantitative estimate of drug-likeness (QED) is 0.555. The Bertz CT molecular complexity index is 944. The molecule has 18 heavy (non-hydrogen) atoms. The number of urea groups is 1. The third-order valence-corrected chi connectivity index (χ3v) is 3.14. The Hall–Kier alpha value is -2.62. The molecule has 0 N–H and O–H groups in total. The second-order valence-electron chi connectivity index (χ2n) is 4.18. The van der Waals surface area contributed by atoms with Crippen LogP contribution in [0.1, 0.15) is 0 Å². The summed E-state index contributed by atoms with van der Waals surface area (Å²) in [6.07, 6.45) is 1.77. The summed E-state index contributed by atoms with van der Waals surface area (Å²) < 4.78 is 0. The average Bonchev–Trinajstić information content (AvgIpc) is 2.79. The molecule has 0 aliphatic carbocycles. The molecule has 4 nitrogen and oxygen atoms in total. The van der Waals surface area contributed by atoms with Gasteiger partial charge in [0, 0.05) is 22.4 Å². The van der Waals surface area contributed by atoms with Crippen molar-refractivity contribution in [1.29, 1.82) is 0 Å². The van der Waals surface area contributed by atoms with Crippen LogP contribution in [0.15, 0.2) is 52.6 Å². The number of carbonyl (C=O) groups is 1. The van der Waals surface area contributed by atoms with Crippen LogP contribution in [0.25, 0.3) is 21.7 Å². The molecule has 1 aliphatic heterocycles. The van der Waals surface area contributed by atoms with Crippen LogP contribution in [0.4, 0.5) is 4.79 Å². The third-order valence-electron chi connectivity index (χ3n) is 3.14. The van der Waals surface area contributed by atoms with Crippen molar-refractivity contribution in [3.63, 3.8) is 0 Å². The number of benzene rings is 2. The fourth-order valence-electron chi connectivity index (χ4n) is 2.35. The van der Waals surface area contributed by atoms with Gasteiger partial charge in [-0.05, 0) is 18.2 Å². The van der Waals surface area contributed by atoms with Crippen molar-refractivity contribution < 1.29 is 4.79 Å². The molecule has 0 radical (unpaired) electrons. The van der Waals surface area contributed by atoms with Crippen molar-refractivity contribution in [2.75, 3.05) is 0 Å². The van der Waals surface area contributed by atoms with E-state index in [1.807, 2.05) is 36.4 Å². The SMILES string of the molecule is O=C1N=c2ccc3c(ccc4cccnc43)c2=N1. The highest BCUT2D eigenvalue weighted by Crippen LogP contribution is 2.20. The summed E-state index contributed by atoms with van der Waals surface area (Å²) >= 11 is 0. The Labute approximate surface area is 101 Å². The van der Waals surface area contributed by atoms with Gasteiger partial charge in [0.15, 0.2) is 0 Å². The maximum Gasteiger partial charge on any atom is 0.368 e. The molecular weight excluding hydrogens is 226 g/mol. The van der Waals surface area contributed by atoms with E-state index in [9.17, 15) is 4.79 Å². The van der Waals surface area contributed by atoms with E-state index in [0.717, 1.165) is 21.7 Å². The second-order valence-corrected chi connectivity index (χ2v) is 4.18. The zero-order chi connectivity index (χ0) is 12.1. The molecule has 1 aliphatic rings. The number of rotatable bonds is 0. The van der Waals surface area contributed by atoms with E-state index >= 15 is 0 Å². The van der Waals surface area contributed by atoms with Crippen molar-refractivity contribution in [2.24, 2.45) is 9.98 Å². The van der Waals surface area contributed by atoms with Crippen molar-refractivity contribution in [3.05, 3.63) is 53.3 Å². The lowest BCUT2D eigenvalue weighted by atomic mass is 10.1. The Balaban J connectivity index is 2.33. The molecule has 0 saturated carbocycles. The lowest BCUT2D eigenvalue weighted by Gasteiger charge is -2.01. The highest BCUT2D eigenvalue weighted by atomic mass is 16.2. The number of hydrogen-bond acceptors (Lipinski definition) is 2. The number of hydrogen-bond donors (Lipinski definition) is 0. The van der Waals surface area contributed by atoms with E-state index in [0.29, 0.717) is 10.7 Å². The van der Waals surface area contributed by atoms with Gasteiger partial charge in [-0.3, -0.25) is 4.98 Å². The Morgan fingerprint density at radius 1 is 0.889 bits per heavy atom. The van der Waals surface area contributed by atoms with E-state index < -0.39 is 6.03 Å². The first kappa shape index (κ1) is 9.41. The molecule has 0 spiro atoms. The molecule has 2 aromatic carbocycles. The maximum atomic E-state index is 11.3. The first-order chi connectivity index (χ1) is 8.83. The van der Waals surface area contributed by atoms with Crippen molar-refractivity contribution in [2.45, 2.75) is 0 Å². The lowest BCUT2D eigenvalue weighted by molar-refractivity contribution is 0.257. The Kier molecular flexibility index (Phi) is 1.67. The smallest absolute Gasteiger partial charge is 0.256 e. The first-order valence-electron chi connectivity index (χ1n) is 5.61. The molecular formula is C14H7N3O. The number of nitrogens with zero attached hydrogens (tertiary/aromatic N) is 3. The van der Waals surface area contributed by atoms with Gasteiger partial charge in [0.25, 0.3) is 0 Å². The van der Waals surface area contributed by atoms with E-state index in [1.165, 1.54) is 0 Å². The van der Waals surface area contributed by atoms with Crippen LogP contribution in [0.5, 0.6) is 0 Å². The summed E-state index contributed by atoms with van der Waals surface area (Å²) in [5.41, 5.74) is 0.923. The van der Waals surface area contributed by atoms with Crippen LogP contribution in [0, 0.1) is 0 Å². The number of fused-ring (bicyclic) bond motifs is 5. The van der Waals surface area contributed by atoms with Crippen molar-refractivity contribution in [3.8, 4) is 0 Å². The van der Waals surface area contributed by atoms with E-state index in [4.69, 9.17) is 0 Å². The number of carbonyl (C=O) groups excluding carboxylic acids is 1.